The van der Waals surface area contributed by atoms with Gasteiger partial charge in [-0.1, -0.05) is 31.5 Å². The number of aromatic nitrogens is 1. The van der Waals surface area contributed by atoms with Gasteiger partial charge in [0.15, 0.2) is 17.5 Å². The summed E-state index contributed by atoms with van der Waals surface area (Å²) in [5.74, 6) is -0.935. The van der Waals surface area contributed by atoms with Crippen LogP contribution in [0.15, 0.2) is 36.5 Å². The van der Waals surface area contributed by atoms with E-state index in [4.69, 9.17) is 23.7 Å². The average Bonchev–Trinajstić information content (AvgIpc) is 2.93. The third kappa shape index (κ3) is 8.41. The first-order chi connectivity index (χ1) is 18.6. The zero-order valence-corrected chi connectivity index (χ0v) is 23.4. The van der Waals surface area contributed by atoms with Crippen LogP contribution in [0.4, 0.5) is 0 Å². The molecule has 1 amide bonds. The maximum absolute atomic E-state index is 13.2. The van der Waals surface area contributed by atoms with Gasteiger partial charge in [-0.3, -0.25) is 9.59 Å². The van der Waals surface area contributed by atoms with Crippen LogP contribution in [0.5, 0.6) is 17.2 Å². The Morgan fingerprint density at radius 3 is 2.51 bits per heavy atom. The van der Waals surface area contributed by atoms with Gasteiger partial charge in [0, 0.05) is 25.8 Å². The fourth-order valence-electron chi connectivity index (χ4n) is 4.23. The first kappa shape index (κ1) is 29.9. The van der Waals surface area contributed by atoms with Gasteiger partial charge in [-0.25, -0.2) is 9.78 Å². The molecule has 10 heteroatoms. The molecule has 39 heavy (non-hydrogen) atoms. The molecule has 1 fully saturated rings. The van der Waals surface area contributed by atoms with Crippen molar-refractivity contribution in [1.82, 2.24) is 10.3 Å². The Bertz CT molecular complexity index is 1130. The van der Waals surface area contributed by atoms with Gasteiger partial charge in [0.25, 0.3) is 5.91 Å². The minimum Gasteiger partial charge on any atom is -0.493 e. The molecule has 0 spiro atoms. The highest BCUT2D eigenvalue weighted by Gasteiger charge is 2.37. The van der Waals surface area contributed by atoms with Crippen LogP contribution in [0.2, 0.25) is 0 Å². The highest BCUT2D eigenvalue weighted by Crippen LogP contribution is 2.30. The molecule has 1 aliphatic rings. The summed E-state index contributed by atoms with van der Waals surface area (Å²) >= 11 is 0. The van der Waals surface area contributed by atoms with Crippen LogP contribution in [-0.4, -0.2) is 60.9 Å². The SMILES string of the molecule is COc1ccnc(C(=O)N[C@H]2CCC[C@H](OCC(C)C)[C@@H](Oc3ccc(C)cc3)[C@H](C)OC2=O)c1OC(C)=O. The van der Waals surface area contributed by atoms with Crippen LogP contribution in [0.1, 0.15) is 63.0 Å². The lowest BCUT2D eigenvalue weighted by Crippen LogP contribution is -2.47. The number of hydrogen-bond acceptors (Lipinski definition) is 9. The molecule has 0 aliphatic carbocycles. The Balaban J connectivity index is 1.82. The van der Waals surface area contributed by atoms with Crippen molar-refractivity contribution in [3.8, 4) is 17.2 Å². The Kier molecular flexibility index (Phi) is 10.7. The molecule has 2 heterocycles. The number of rotatable bonds is 9. The van der Waals surface area contributed by atoms with Crippen LogP contribution < -0.4 is 19.5 Å². The van der Waals surface area contributed by atoms with E-state index in [9.17, 15) is 14.4 Å². The minimum atomic E-state index is -0.956. The van der Waals surface area contributed by atoms with E-state index < -0.39 is 36.1 Å². The monoisotopic (exact) mass is 542 g/mol. The van der Waals surface area contributed by atoms with Gasteiger partial charge in [0.05, 0.1) is 13.2 Å². The lowest BCUT2D eigenvalue weighted by atomic mass is 10.0. The summed E-state index contributed by atoms with van der Waals surface area (Å²) in [6.45, 7) is 9.62. The molecule has 0 bridgehead atoms. The predicted octanol–water partition coefficient (Wildman–Crippen LogP) is 4.03. The Morgan fingerprint density at radius 2 is 1.87 bits per heavy atom. The van der Waals surface area contributed by atoms with Crippen molar-refractivity contribution in [1.29, 1.82) is 0 Å². The standard InChI is InChI=1S/C29H38N2O8/c1-17(2)16-36-24-9-7-8-22(29(34)37-19(4)26(24)39-21-12-10-18(3)11-13-21)31-28(33)25-27(38-20(5)32)23(35-6)14-15-30-25/h10-15,17,19,22,24,26H,7-9,16H2,1-6H3,(H,31,33)/t19-,22-,24-,26-/m0/s1. The molecule has 10 nitrogen and oxygen atoms in total. The van der Waals surface area contributed by atoms with Crippen LogP contribution in [0.25, 0.3) is 0 Å². The molecule has 3 rings (SSSR count). The van der Waals surface area contributed by atoms with Crippen molar-refractivity contribution in [2.75, 3.05) is 13.7 Å². The number of nitrogens with one attached hydrogen (secondary N) is 1. The number of hydrogen-bond donors (Lipinski definition) is 1. The molecule has 1 aromatic carbocycles. The molecule has 1 N–H and O–H groups in total. The zero-order chi connectivity index (χ0) is 28.5. The fourth-order valence-corrected chi connectivity index (χ4v) is 4.23. The summed E-state index contributed by atoms with van der Waals surface area (Å²) in [6.07, 6.45) is 1.26. The number of ether oxygens (including phenoxy) is 5. The Hall–Kier alpha value is -3.66. The highest BCUT2D eigenvalue weighted by molar-refractivity contribution is 5.98. The smallest absolute Gasteiger partial charge is 0.329 e. The largest absolute Gasteiger partial charge is 0.493 e. The lowest BCUT2D eigenvalue weighted by Gasteiger charge is -2.32. The lowest BCUT2D eigenvalue weighted by molar-refractivity contribution is -0.159. The molecule has 2 aromatic rings. The second-order valence-corrected chi connectivity index (χ2v) is 10.0. The van der Waals surface area contributed by atoms with Crippen molar-refractivity contribution >= 4 is 17.8 Å². The van der Waals surface area contributed by atoms with E-state index >= 15 is 0 Å². The molecule has 212 valence electrons. The number of carbonyl (C=O) groups is 3. The second-order valence-electron chi connectivity index (χ2n) is 10.0. The van der Waals surface area contributed by atoms with Gasteiger partial charge in [-0.05, 0) is 51.2 Å². The highest BCUT2D eigenvalue weighted by atomic mass is 16.6. The summed E-state index contributed by atoms with van der Waals surface area (Å²) in [5, 5.41) is 2.70. The molecule has 0 saturated carbocycles. The van der Waals surface area contributed by atoms with Gasteiger partial charge < -0.3 is 29.0 Å². The topological polar surface area (TPSA) is 122 Å². The number of esters is 2. The third-order valence-electron chi connectivity index (χ3n) is 6.19. The predicted molar refractivity (Wildman–Crippen MR) is 143 cm³/mol. The van der Waals surface area contributed by atoms with Gasteiger partial charge in [0.1, 0.15) is 17.9 Å². The van der Waals surface area contributed by atoms with Gasteiger partial charge in [-0.15, -0.1) is 0 Å². The van der Waals surface area contributed by atoms with E-state index in [1.807, 2.05) is 31.2 Å². The molecule has 1 aromatic heterocycles. The number of benzene rings is 1. The third-order valence-corrected chi connectivity index (χ3v) is 6.19. The van der Waals surface area contributed by atoms with Crippen molar-refractivity contribution in [3.63, 3.8) is 0 Å². The Labute approximate surface area is 229 Å². The summed E-state index contributed by atoms with van der Waals surface area (Å²) in [7, 11) is 1.38. The summed E-state index contributed by atoms with van der Waals surface area (Å²) in [6, 6.07) is 8.17. The minimum absolute atomic E-state index is 0.122. The maximum Gasteiger partial charge on any atom is 0.329 e. The number of amides is 1. The van der Waals surface area contributed by atoms with E-state index in [-0.39, 0.29) is 23.3 Å². The van der Waals surface area contributed by atoms with E-state index in [2.05, 4.69) is 24.1 Å². The maximum atomic E-state index is 13.2. The second kappa shape index (κ2) is 13.9. The molecule has 0 radical (unpaired) electrons. The molecule has 1 aliphatic heterocycles. The summed E-state index contributed by atoms with van der Waals surface area (Å²) < 4.78 is 28.8. The molecular weight excluding hydrogens is 504 g/mol. The first-order valence-corrected chi connectivity index (χ1v) is 13.2. The molecular formula is C29H38N2O8. The Morgan fingerprint density at radius 1 is 1.15 bits per heavy atom. The number of carbonyl (C=O) groups excluding carboxylic acids is 3. The average molecular weight is 543 g/mol. The van der Waals surface area contributed by atoms with Gasteiger partial charge in [-0.2, -0.15) is 0 Å². The van der Waals surface area contributed by atoms with E-state index in [0.29, 0.717) is 37.5 Å². The van der Waals surface area contributed by atoms with E-state index in [1.165, 1.54) is 26.3 Å². The van der Waals surface area contributed by atoms with Crippen LogP contribution in [0, 0.1) is 12.8 Å². The zero-order valence-electron chi connectivity index (χ0n) is 23.4. The summed E-state index contributed by atoms with van der Waals surface area (Å²) in [4.78, 5) is 42.1. The fraction of sp³-hybridized carbons (Fsp3) is 0.517. The van der Waals surface area contributed by atoms with Crippen molar-refractivity contribution in [2.24, 2.45) is 5.92 Å². The quantitative estimate of drug-likeness (QED) is 0.468. The van der Waals surface area contributed by atoms with Crippen molar-refractivity contribution < 1.29 is 38.1 Å². The number of cyclic esters (lactones) is 1. The number of nitrogens with zero attached hydrogens (tertiary/aromatic N) is 1. The summed E-state index contributed by atoms with van der Waals surface area (Å²) in [5.41, 5.74) is 0.925. The first-order valence-electron chi connectivity index (χ1n) is 13.2. The normalized spacial score (nSPS) is 21.7. The van der Waals surface area contributed by atoms with E-state index in [1.54, 1.807) is 6.92 Å². The molecule has 0 unspecified atom stereocenters. The van der Waals surface area contributed by atoms with E-state index in [0.717, 1.165) is 5.56 Å². The van der Waals surface area contributed by atoms with Crippen LogP contribution >= 0.6 is 0 Å². The van der Waals surface area contributed by atoms with Crippen LogP contribution in [0.3, 0.4) is 0 Å². The van der Waals surface area contributed by atoms with Gasteiger partial charge in [0.2, 0.25) is 5.75 Å². The van der Waals surface area contributed by atoms with Crippen LogP contribution in [-0.2, 0) is 19.1 Å². The number of pyridine rings is 1. The van der Waals surface area contributed by atoms with Crippen molar-refractivity contribution in [2.45, 2.75) is 78.2 Å². The number of aryl methyl sites for hydroxylation is 1. The van der Waals surface area contributed by atoms with Gasteiger partial charge >= 0.3 is 11.9 Å². The molecule has 4 atom stereocenters. The molecule has 1 saturated heterocycles. The number of methoxy groups -OCH3 is 1. The van der Waals surface area contributed by atoms with Crippen molar-refractivity contribution in [3.05, 3.63) is 47.8 Å².